The van der Waals surface area contributed by atoms with Gasteiger partial charge in [0.05, 0.1) is 11.2 Å². The first-order valence-electron chi connectivity index (χ1n) is 4.49. The summed E-state index contributed by atoms with van der Waals surface area (Å²) in [5.41, 5.74) is 2.74. The average molecular weight is 249 g/mol. The van der Waals surface area contributed by atoms with Crippen molar-refractivity contribution in [3.8, 4) is 0 Å². The molecule has 1 rings (SSSR count). The van der Waals surface area contributed by atoms with Crippen molar-refractivity contribution in [3.63, 3.8) is 0 Å². The van der Waals surface area contributed by atoms with Crippen molar-refractivity contribution in [2.24, 2.45) is 0 Å². The van der Waals surface area contributed by atoms with Crippen molar-refractivity contribution in [1.82, 2.24) is 14.0 Å². The zero-order valence-electron chi connectivity index (χ0n) is 9.02. The fraction of sp³-hybridized carbons (Fsp3) is 0.625. The third kappa shape index (κ3) is 3.53. The maximum Gasteiger partial charge on any atom is 0.278 e. The Morgan fingerprint density at radius 3 is 2.67 bits per heavy atom. The summed E-state index contributed by atoms with van der Waals surface area (Å²) < 4.78 is 26.4. The van der Waals surface area contributed by atoms with E-state index in [4.69, 9.17) is 0 Å². The van der Waals surface area contributed by atoms with E-state index in [-0.39, 0.29) is 0 Å². The van der Waals surface area contributed by atoms with Crippen molar-refractivity contribution in [1.29, 1.82) is 0 Å². The topological polar surface area (TPSA) is 62.3 Å². The summed E-state index contributed by atoms with van der Waals surface area (Å²) >= 11 is 1.55. The molecule has 0 saturated heterocycles. The van der Waals surface area contributed by atoms with Gasteiger partial charge in [-0.25, -0.2) is 9.71 Å². The zero-order valence-corrected chi connectivity index (χ0v) is 10.7. The van der Waals surface area contributed by atoms with E-state index in [0.717, 1.165) is 14.9 Å². The van der Waals surface area contributed by atoms with Gasteiger partial charge in [-0.05, 0) is 13.3 Å². The number of nitrogens with one attached hydrogen (secondary N) is 1. The first-order chi connectivity index (χ1) is 6.93. The van der Waals surface area contributed by atoms with Gasteiger partial charge in [-0.15, -0.1) is 11.3 Å². The lowest BCUT2D eigenvalue weighted by molar-refractivity contribution is 0.506. The predicted octanol–water partition coefficient (Wildman–Crippen LogP) is 0.390. The molecule has 7 heteroatoms. The fourth-order valence-corrected chi connectivity index (χ4v) is 2.39. The van der Waals surface area contributed by atoms with Crippen LogP contribution in [0.25, 0.3) is 0 Å². The van der Waals surface area contributed by atoms with Crippen molar-refractivity contribution in [2.75, 3.05) is 20.6 Å². The number of rotatable bonds is 5. The Morgan fingerprint density at radius 2 is 2.20 bits per heavy atom. The third-order valence-electron chi connectivity index (χ3n) is 1.96. The van der Waals surface area contributed by atoms with Crippen LogP contribution in [0.2, 0.25) is 0 Å². The molecule has 1 heterocycles. The van der Waals surface area contributed by atoms with Gasteiger partial charge in [-0.3, -0.25) is 0 Å². The molecule has 0 radical (unpaired) electrons. The van der Waals surface area contributed by atoms with Gasteiger partial charge in [0.25, 0.3) is 10.2 Å². The van der Waals surface area contributed by atoms with E-state index in [2.05, 4.69) is 9.71 Å². The van der Waals surface area contributed by atoms with Gasteiger partial charge < -0.3 is 0 Å². The molecule has 0 unspecified atom stereocenters. The van der Waals surface area contributed by atoms with Gasteiger partial charge in [0.15, 0.2) is 0 Å². The number of nitrogens with zero attached hydrogens (tertiary/aromatic N) is 2. The largest absolute Gasteiger partial charge is 0.278 e. The van der Waals surface area contributed by atoms with Crippen LogP contribution in [-0.2, 0) is 16.6 Å². The monoisotopic (exact) mass is 249 g/mol. The predicted molar refractivity (Wildman–Crippen MR) is 61.2 cm³/mol. The maximum atomic E-state index is 11.3. The quantitative estimate of drug-likeness (QED) is 0.821. The van der Waals surface area contributed by atoms with Crippen LogP contribution in [0.5, 0.6) is 0 Å². The molecule has 0 fully saturated rings. The van der Waals surface area contributed by atoms with Gasteiger partial charge in [0, 0.05) is 25.5 Å². The molecule has 15 heavy (non-hydrogen) atoms. The molecule has 0 aliphatic carbocycles. The summed E-state index contributed by atoms with van der Waals surface area (Å²) in [7, 11) is -0.296. The number of aromatic nitrogens is 1. The lowest BCUT2D eigenvalue weighted by Gasteiger charge is -2.11. The van der Waals surface area contributed by atoms with Crippen LogP contribution in [0.3, 0.4) is 0 Å². The van der Waals surface area contributed by atoms with Gasteiger partial charge >= 0.3 is 0 Å². The molecule has 0 saturated carbocycles. The second-order valence-corrected chi connectivity index (χ2v) is 6.20. The Bertz CT molecular complexity index is 411. The minimum atomic E-state index is -3.30. The van der Waals surface area contributed by atoms with Crippen LogP contribution in [0.1, 0.15) is 10.6 Å². The van der Waals surface area contributed by atoms with Gasteiger partial charge in [0.1, 0.15) is 0 Å². The van der Waals surface area contributed by atoms with Gasteiger partial charge in [-0.1, -0.05) is 0 Å². The summed E-state index contributed by atoms with van der Waals surface area (Å²) in [4.78, 5) is 5.22. The molecule has 0 bridgehead atoms. The highest BCUT2D eigenvalue weighted by atomic mass is 32.2. The molecule has 0 aliphatic heterocycles. The van der Waals surface area contributed by atoms with Crippen LogP contribution >= 0.6 is 11.3 Å². The molecule has 0 spiro atoms. The van der Waals surface area contributed by atoms with E-state index < -0.39 is 10.2 Å². The second kappa shape index (κ2) is 5.02. The number of aryl methyl sites for hydroxylation is 1. The fourth-order valence-electron chi connectivity index (χ4n) is 0.989. The molecule has 1 aromatic heterocycles. The van der Waals surface area contributed by atoms with E-state index in [1.165, 1.54) is 14.1 Å². The smallest absolute Gasteiger partial charge is 0.250 e. The van der Waals surface area contributed by atoms with E-state index in [1.54, 1.807) is 16.8 Å². The summed E-state index contributed by atoms with van der Waals surface area (Å²) in [6.45, 7) is 2.33. The van der Waals surface area contributed by atoms with Crippen molar-refractivity contribution in [2.45, 2.75) is 13.3 Å². The molecule has 1 N–H and O–H groups in total. The molecular weight excluding hydrogens is 234 g/mol. The Balaban J connectivity index is 2.44. The summed E-state index contributed by atoms with van der Waals surface area (Å²) in [5, 5.41) is 0. The van der Waals surface area contributed by atoms with Crippen LogP contribution in [0, 0.1) is 6.92 Å². The molecule has 0 amide bonds. The summed E-state index contributed by atoms with van der Waals surface area (Å²) in [5.74, 6) is 0. The van der Waals surface area contributed by atoms with Crippen molar-refractivity contribution < 1.29 is 8.42 Å². The van der Waals surface area contributed by atoms with Crippen LogP contribution in [-0.4, -0.2) is 38.3 Å². The zero-order chi connectivity index (χ0) is 11.5. The number of hydrogen-bond acceptors (Lipinski definition) is 4. The first kappa shape index (κ1) is 12.6. The summed E-state index contributed by atoms with van der Waals surface area (Å²) in [6.07, 6.45) is 0.684. The van der Waals surface area contributed by atoms with E-state index in [9.17, 15) is 8.42 Å². The Labute approximate surface area is 94.3 Å². The van der Waals surface area contributed by atoms with Gasteiger partial charge in [0.2, 0.25) is 0 Å². The lowest BCUT2D eigenvalue weighted by atomic mass is 10.3. The Hall–Kier alpha value is -0.500. The minimum absolute atomic E-state index is 0.406. The summed E-state index contributed by atoms with van der Waals surface area (Å²) in [6, 6.07) is 0. The molecule has 0 aromatic carbocycles. The van der Waals surface area contributed by atoms with Crippen molar-refractivity contribution >= 4 is 21.5 Å². The normalized spacial score (nSPS) is 12.3. The van der Waals surface area contributed by atoms with E-state index in [1.807, 2.05) is 6.92 Å². The third-order valence-corrected chi connectivity index (χ3v) is 4.49. The molecule has 0 aliphatic rings. The Morgan fingerprint density at radius 1 is 1.53 bits per heavy atom. The standard InChI is InChI=1S/C8H15N3O2S2/c1-7-8(14-6-9-7)4-5-10-15(12,13)11(2)3/h6,10H,4-5H2,1-3H3. The SMILES string of the molecule is Cc1ncsc1CCNS(=O)(=O)N(C)C. The highest BCUT2D eigenvalue weighted by molar-refractivity contribution is 7.87. The molecule has 1 aromatic rings. The van der Waals surface area contributed by atoms with Gasteiger partial charge in [-0.2, -0.15) is 12.7 Å². The average Bonchev–Trinajstić information content (AvgIpc) is 2.51. The van der Waals surface area contributed by atoms with Crippen LogP contribution < -0.4 is 4.72 Å². The van der Waals surface area contributed by atoms with E-state index in [0.29, 0.717) is 13.0 Å². The Kier molecular flexibility index (Phi) is 4.21. The maximum absolute atomic E-state index is 11.3. The molecule has 5 nitrogen and oxygen atoms in total. The first-order valence-corrected chi connectivity index (χ1v) is 6.81. The second-order valence-electron chi connectivity index (χ2n) is 3.29. The number of hydrogen-bond donors (Lipinski definition) is 1. The molecular formula is C8H15N3O2S2. The number of thiazole rings is 1. The van der Waals surface area contributed by atoms with Crippen LogP contribution in [0.4, 0.5) is 0 Å². The minimum Gasteiger partial charge on any atom is -0.250 e. The van der Waals surface area contributed by atoms with E-state index >= 15 is 0 Å². The highest BCUT2D eigenvalue weighted by Gasteiger charge is 2.12. The molecule has 0 atom stereocenters. The van der Waals surface area contributed by atoms with Crippen molar-refractivity contribution in [3.05, 3.63) is 16.1 Å². The van der Waals surface area contributed by atoms with Crippen LogP contribution in [0.15, 0.2) is 5.51 Å². The highest BCUT2D eigenvalue weighted by Crippen LogP contribution is 2.11. The molecule has 86 valence electrons. The lowest BCUT2D eigenvalue weighted by Crippen LogP contribution is -2.36.